The first-order chi connectivity index (χ1) is 10.2. The Morgan fingerprint density at radius 3 is 2.33 bits per heavy atom. The third-order valence-corrected chi connectivity index (χ3v) is 3.75. The smallest absolute Gasteiger partial charge is 0.126 e. The van der Waals surface area contributed by atoms with E-state index < -0.39 is 0 Å². The first-order valence-electron chi connectivity index (χ1n) is 7.75. The van der Waals surface area contributed by atoms with Crippen molar-refractivity contribution in [2.24, 2.45) is 0 Å². The lowest BCUT2D eigenvalue weighted by Gasteiger charge is -2.24. The van der Waals surface area contributed by atoms with Crippen LogP contribution in [0.15, 0.2) is 54.6 Å². The molecule has 21 heavy (non-hydrogen) atoms. The molecule has 0 spiro atoms. The molecule has 112 valence electrons. The average molecular weight is 285 g/mol. The van der Waals surface area contributed by atoms with Crippen LogP contribution in [-0.4, -0.2) is 6.04 Å². The van der Waals surface area contributed by atoms with Crippen LogP contribution in [0.4, 0.5) is 4.39 Å². The van der Waals surface area contributed by atoms with E-state index in [0.717, 1.165) is 18.4 Å². The predicted molar refractivity (Wildman–Crippen MR) is 86.8 cm³/mol. The van der Waals surface area contributed by atoms with Crippen LogP contribution in [0.1, 0.15) is 43.9 Å². The predicted octanol–water partition coefficient (Wildman–Crippen LogP) is 4.89. The fraction of sp³-hybridized carbons (Fsp3) is 0.368. The van der Waals surface area contributed by atoms with Crippen molar-refractivity contribution < 1.29 is 4.39 Å². The fourth-order valence-corrected chi connectivity index (χ4v) is 2.72. The number of hydrogen-bond donors (Lipinski definition) is 1. The molecule has 2 rings (SSSR count). The maximum absolute atomic E-state index is 13.7. The van der Waals surface area contributed by atoms with Crippen LogP contribution in [0.3, 0.4) is 0 Å². The van der Waals surface area contributed by atoms with Gasteiger partial charge in [-0.05, 0) is 37.0 Å². The maximum Gasteiger partial charge on any atom is 0.126 e. The Morgan fingerprint density at radius 2 is 1.67 bits per heavy atom. The molecule has 0 radical (unpaired) electrons. The molecule has 1 nitrogen and oxygen atoms in total. The van der Waals surface area contributed by atoms with Crippen LogP contribution >= 0.6 is 0 Å². The largest absolute Gasteiger partial charge is 0.307 e. The van der Waals surface area contributed by atoms with Gasteiger partial charge in [-0.25, -0.2) is 4.39 Å². The van der Waals surface area contributed by atoms with Gasteiger partial charge in [0.25, 0.3) is 0 Å². The Morgan fingerprint density at radius 1 is 1.00 bits per heavy atom. The Hall–Kier alpha value is -1.67. The lowest BCUT2D eigenvalue weighted by atomic mass is 9.99. The number of halogens is 1. The molecule has 0 aliphatic rings. The topological polar surface area (TPSA) is 12.0 Å². The molecule has 0 bridgehead atoms. The molecule has 0 fully saturated rings. The summed E-state index contributed by atoms with van der Waals surface area (Å²) in [5.74, 6) is -0.113. The minimum atomic E-state index is -0.113. The molecule has 0 saturated heterocycles. The van der Waals surface area contributed by atoms with Crippen LogP contribution < -0.4 is 5.32 Å². The minimum Gasteiger partial charge on any atom is -0.307 e. The van der Waals surface area contributed by atoms with Crippen molar-refractivity contribution in [3.63, 3.8) is 0 Å². The van der Waals surface area contributed by atoms with Crippen molar-refractivity contribution in [3.8, 4) is 0 Å². The number of hydrogen-bond acceptors (Lipinski definition) is 1. The summed E-state index contributed by atoms with van der Waals surface area (Å²) in [5.41, 5.74) is 2.08. The van der Waals surface area contributed by atoms with E-state index in [0.29, 0.717) is 12.5 Å². The first kappa shape index (κ1) is 15.7. The van der Waals surface area contributed by atoms with Gasteiger partial charge in [-0.1, -0.05) is 61.9 Å². The molecule has 0 aromatic heterocycles. The zero-order valence-electron chi connectivity index (χ0n) is 12.9. The third kappa shape index (κ3) is 4.68. The molecule has 1 N–H and O–H groups in total. The van der Waals surface area contributed by atoms with Crippen molar-refractivity contribution in [2.45, 2.75) is 45.2 Å². The van der Waals surface area contributed by atoms with Crippen molar-refractivity contribution in [2.75, 3.05) is 0 Å². The van der Waals surface area contributed by atoms with Gasteiger partial charge in [0.15, 0.2) is 0 Å². The van der Waals surface area contributed by atoms with Gasteiger partial charge in [0.1, 0.15) is 5.82 Å². The van der Waals surface area contributed by atoms with Crippen molar-refractivity contribution in [1.82, 2.24) is 5.32 Å². The quantitative estimate of drug-likeness (QED) is 0.764. The summed E-state index contributed by atoms with van der Waals surface area (Å²) in [5, 5.41) is 3.64. The Balaban J connectivity index is 2.02. The summed E-state index contributed by atoms with van der Waals surface area (Å²) in [6, 6.07) is 18.1. The molecule has 2 atom stereocenters. The number of rotatable bonds is 7. The van der Waals surface area contributed by atoms with E-state index in [9.17, 15) is 4.39 Å². The van der Waals surface area contributed by atoms with Gasteiger partial charge in [-0.3, -0.25) is 0 Å². The highest BCUT2D eigenvalue weighted by Crippen LogP contribution is 2.20. The fourth-order valence-electron chi connectivity index (χ4n) is 2.72. The number of nitrogens with one attached hydrogen (secondary N) is 1. The van der Waals surface area contributed by atoms with Gasteiger partial charge in [0.05, 0.1) is 0 Å². The van der Waals surface area contributed by atoms with Gasteiger partial charge >= 0.3 is 0 Å². The molecule has 2 aromatic carbocycles. The van der Waals surface area contributed by atoms with Crippen molar-refractivity contribution in [3.05, 3.63) is 71.5 Å². The van der Waals surface area contributed by atoms with Gasteiger partial charge in [-0.15, -0.1) is 0 Å². The zero-order valence-corrected chi connectivity index (χ0v) is 12.9. The molecular weight excluding hydrogens is 261 g/mol. The highest BCUT2D eigenvalue weighted by atomic mass is 19.1. The highest BCUT2D eigenvalue weighted by Gasteiger charge is 2.14. The average Bonchev–Trinajstić information content (AvgIpc) is 2.50. The van der Waals surface area contributed by atoms with Gasteiger partial charge < -0.3 is 5.32 Å². The van der Waals surface area contributed by atoms with Crippen LogP contribution in [0.2, 0.25) is 0 Å². The van der Waals surface area contributed by atoms with Crippen molar-refractivity contribution in [1.29, 1.82) is 0 Å². The molecule has 0 amide bonds. The third-order valence-electron chi connectivity index (χ3n) is 3.75. The Bertz CT molecular complexity index is 538. The SMILES string of the molecule is CCCC(NC(C)Cc1ccccc1F)c1ccccc1. The lowest BCUT2D eigenvalue weighted by molar-refractivity contribution is 0.424. The van der Waals surface area contributed by atoms with Crippen LogP contribution in [0.5, 0.6) is 0 Å². The summed E-state index contributed by atoms with van der Waals surface area (Å²) in [7, 11) is 0. The van der Waals surface area contributed by atoms with E-state index in [-0.39, 0.29) is 11.9 Å². The molecular formula is C19H24FN. The van der Waals surface area contributed by atoms with Crippen molar-refractivity contribution >= 4 is 0 Å². The summed E-state index contributed by atoms with van der Waals surface area (Å²) in [6.07, 6.45) is 2.92. The van der Waals surface area contributed by atoms with E-state index in [2.05, 4.69) is 43.4 Å². The van der Waals surface area contributed by atoms with E-state index >= 15 is 0 Å². The molecule has 0 heterocycles. The van der Waals surface area contributed by atoms with Gasteiger partial charge in [0.2, 0.25) is 0 Å². The molecule has 0 aliphatic heterocycles. The lowest BCUT2D eigenvalue weighted by Crippen LogP contribution is -2.32. The summed E-state index contributed by atoms with van der Waals surface area (Å²) >= 11 is 0. The summed E-state index contributed by atoms with van der Waals surface area (Å²) in [6.45, 7) is 4.32. The first-order valence-corrected chi connectivity index (χ1v) is 7.75. The Kier molecular flexibility index (Phi) is 5.94. The van der Waals surface area contributed by atoms with Gasteiger partial charge in [-0.2, -0.15) is 0 Å². The van der Waals surface area contributed by atoms with E-state index in [1.54, 1.807) is 6.07 Å². The van der Waals surface area contributed by atoms with Crippen LogP contribution in [0.25, 0.3) is 0 Å². The van der Waals surface area contributed by atoms with Crippen LogP contribution in [0, 0.1) is 5.82 Å². The van der Waals surface area contributed by atoms with E-state index in [4.69, 9.17) is 0 Å². The second-order valence-electron chi connectivity index (χ2n) is 5.62. The second-order valence-corrected chi connectivity index (χ2v) is 5.62. The maximum atomic E-state index is 13.7. The summed E-state index contributed by atoms with van der Waals surface area (Å²) < 4.78 is 13.7. The minimum absolute atomic E-state index is 0.113. The van der Waals surface area contributed by atoms with E-state index in [1.165, 1.54) is 11.6 Å². The molecule has 0 aliphatic carbocycles. The molecule has 2 heteroatoms. The normalized spacial score (nSPS) is 13.9. The molecule has 2 aromatic rings. The Labute approximate surface area is 127 Å². The standard InChI is InChI=1S/C19H24FN/c1-3-9-19(16-10-5-4-6-11-16)21-15(2)14-17-12-7-8-13-18(17)20/h4-8,10-13,15,19,21H,3,9,14H2,1-2H3. The second kappa shape index (κ2) is 7.94. The zero-order chi connectivity index (χ0) is 15.1. The molecule has 0 saturated carbocycles. The monoisotopic (exact) mass is 285 g/mol. The summed E-state index contributed by atoms with van der Waals surface area (Å²) in [4.78, 5) is 0. The number of benzene rings is 2. The van der Waals surface area contributed by atoms with E-state index in [1.807, 2.05) is 18.2 Å². The highest BCUT2D eigenvalue weighted by molar-refractivity contribution is 5.20. The molecule has 2 unspecified atom stereocenters. The van der Waals surface area contributed by atoms with Gasteiger partial charge in [0, 0.05) is 12.1 Å². The van der Waals surface area contributed by atoms with Crippen LogP contribution in [-0.2, 0) is 6.42 Å².